The third-order valence-corrected chi connectivity index (χ3v) is 4.00. The first-order chi connectivity index (χ1) is 11.9. The lowest BCUT2D eigenvalue weighted by Crippen LogP contribution is -2.29. The summed E-state index contributed by atoms with van der Waals surface area (Å²) in [5.41, 5.74) is 2.21. The zero-order valence-electron chi connectivity index (χ0n) is 14.4. The van der Waals surface area contributed by atoms with Crippen LogP contribution < -0.4 is 4.90 Å². The number of nitrogens with zero attached hydrogens (tertiary/aromatic N) is 2. The number of carbonyl (C=O) groups excluding carboxylic acids is 2. The first-order valence-corrected chi connectivity index (χ1v) is 7.92. The molecule has 130 valence electrons. The molecule has 0 heterocycles. The van der Waals surface area contributed by atoms with E-state index in [1.165, 1.54) is 23.1 Å². The first kappa shape index (κ1) is 18.4. The van der Waals surface area contributed by atoms with Crippen LogP contribution in [0.3, 0.4) is 0 Å². The summed E-state index contributed by atoms with van der Waals surface area (Å²) in [7, 11) is 3.38. The first-order valence-electron chi connectivity index (χ1n) is 7.92. The molecule has 0 fully saturated rings. The Hall–Kier alpha value is -2.95. The average molecular weight is 340 g/mol. The fourth-order valence-corrected chi connectivity index (χ4v) is 2.36. The van der Waals surface area contributed by atoms with Gasteiger partial charge in [-0.1, -0.05) is 18.7 Å². The molecule has 0 saturated heterocycles. The van der Waals surface area contributed by atoms with Crippen LogP contribution in [-0.2, 0) is 11.2 Å². The highest BCUT2D eigenvalue weighted by molar-refractivity contribution is 6.01. The SMILES string of the molecule is C=CC(=O)N(C)c1ccc(C(=O)N(C)CCc2ccc(F)cc2)cc1. The summed E-state index contributed by atoms with van der Waals surface area (Å²) in [6, 6.07) is 13.1. The van der Waals surface area contributed by atoms with Gasteiger partial charge >= 0.3 is 0 Å². The lowest BCUT2D eigenvalue weighted by Gasteiger charge is -2.19. The van der Waals surface area contributed by atoms with Crippen LogP contribution in [0.5, 0.6) is 0 Å². The monoisotopic (exact) mass is 340 g/mol. The van der Waals surface area contributed by atoms with Gasteiger partial charge in [0.05, 0.1) is 0 Å². The van der Waals surface area contributed by atoms with Gasteiger partial charge in [0.15, 0.2) is 0 Å². The molecule has 0 aliphatic heterocycles. The summed E-state index contributed by atoms with van der Waals surface area (Å²) >= 11 is 0. The Morgan fingerprint density at radius 2 is 1.64 bits per heavy atom. The molecule has 0 saturated carbocycles. The van der Waals surface area contributed by atoms with Crippen LogP contribution in [0.1, 0.15) is 15.9 Å². The van der Waals surface area contributed by atoms with E-state index in [1.54, 1.807) is 55.4 Å². The lowest BCUT2D eigenvalue weighted by molar-refractivity contribution is -0.113. The Morgan fingerprint density at radius 3 is 2.20 bits per heavy atom. The van der Waals surface area contributed by atoms with Crippen LogP contribution in [0.15, 0.2) is 61.2 Å². The van der Waals surface area contributed by atoms with Crippen molar-refractivity contribution in [3.05, 3.63) is 78.1 Å². The predicted molar refractivity (Wildman–Crippen MR) is 97.1 cm³/mol. The Balaban J connectivity index is 1.98. The number of halogens is 1. The van der Waals surface area contributed by atoms with Crippen LogP contribution in [0, 0.1) is 5.82 Å². The minimum absolute atomic E-state index is 0.105. The van der Waals surface area contributed by atoms with E-state index in [-0.39, 0.29) is 17.6 Å². The molecule has 0 spiro atoms. The lowest BCUT2D eigenvalue weighted by atomic mass is 10.1. The number of likely N-dealkylation sites (N-methyl/N-ethyl adjacent to an activating group) is 2. The zero-order valence-corrected chi connectivity index (χ0v) is 14.4. The van der Waals surface area contributed by atoms with Crippen LogP contribution in [-0.4, -0.2) is 37.4 Å². The number of anilines is 1. The van der Waals surface area contributed by atoms with Gasteiger partial charge in [0.25, 0.3) is 5.91 Å². The molecule has 2 aromatic rings. The summed E-state index contributed by atoms with van der Waals surface area (Å²) in [6.07, 6.45) is 1.89. The highest BCUT2D eigenvalue weighted by atomic mass is 19.1. The van der Waals surface area contributed by atoms with Gasteiger partial charge in [0, 0.05) is 31.9 Å². The second-order valence-electron chi connectivity index (χ2n) is 5.75. The van der Waals surface area contributed by atoms with Gasteiger partial charge in [0.2, 0.25) is 5.91 Å². The molecular weight excluding hydrogens is 319 g/mol. The van der Waals surface area contributed by atoms with Crippen molar-refractivity contribution in [2.75, 3.05) is 25.5 Å². The van der Waals surface area contributed by atoms with E-state index in [4.69, 9.17) is 0 Å². The number of amides is 2. The van der Waals surface area contributed by atoms with Gasteiger partial charge in [-0.15, -0.1) is 0 Å². The zero-order chi connectivity index (χ0) is 18.4. The van der Waals surface area contributed by atoms with E-state index in [9.17, 15) is 14.0 Å². The van der Waals surface area contributed by atoms with Crippen molar-refractivity contribution < 1.29 is 14.0 Å². The van der Waals surface area contributed by atoms with Crippen molar-refractivity contribution >= 4 is 17.5 Å². The van der Waals surface area contributed by atoms with Crippen molar-refractivity contribution in [1.82, 2.24) is 4.90 Å². The second-order valence-corrected chi connectivity index (χ2v) is 5.75. The Labute approximate surface area is 147 Å². The smallest absolute Gasteiger partial charge is 0.253 e. The molecule has 0 N–H and O–H groups in total. The Kier molecular flexibility index (Phi) is 6.06. The van der Waals surface area contributed by atoms with Gasteiger partial charge in [-0.2, -0.15) is 0 Å². The Bertz CT molecular complexity index is 754. The van der Waals surface area contributed by atoms with Gasteiger partial charge in [-0.05, 0) is 54.5 Å². The van der Waals surface area contributed by atoms with Gasteiger partial charge < -0.3 is 9.80 Å². The maximum atomic E-state index is 12.9. The third kappa shape index (κ3) is 4.76. The number of hydrogen-bond acceptors (Lipinski definition) is 2. The maximum Gasteiger partial charge on any atom is 0.253 e. The highest BCUT2D eigenvalue weighted by Crippen LogP contribution is 2.15. The maximum absolute atomic E-state index is 12.9. The molecule has 2 rings (SSSR count). The van der Waals surface area contributed by atoms with Gasteiger partial charge in [0.1, 0.15) is 5.82 Å². The summed E-state index contributed by atoms with van der Waals surface area (Å²) in [6.45, 7) is 3.98. The predicted octanol–water partition coefficient (Wildman–Crippen LogP) is 3.29. The summed E-state index contributed by atoms with van der Waals surface area (Å²) < 4.78 is 12.9. The van der Waals surface area contributed by atoms with E-state index in [0.29, 0.717) is 24.2 Å². The molecule has 0 radical (unpaired) electrons. The van der Waals surface area contributed by atoms with Crippen molar-refractivity contribution in [3.8, 4) is 0 Å². The summed E-state index contributed by atoms with van der Waals surface area (Å²) in [5, 5.41) is 0. The van der Waals surface area contributed by atoms with Crippen molar-refractivity contribution in [2.24, 2.45) is 0 Å². The largest absolute Gasteiger partial charge is 0.341 e. The number of carbonyl (C=O) groups is 2. The van der Waals surface area contributed by atoms with E-state index >= 15 is 0 Å². The van der Waals surface area contributed by atoms with Crippen molar-refractivity contribution in [2.45, 2.75) is 6.42 Å². The van der Waals surface area contributed by atoms with Crippen molar-refractivity contribution in [1.29, 1.82) is 0 Å². The minimum atomic E-state index is -0.270. The van der Waals surface area contributed by atoms with Crippen LogP contribution in [0.2, 0.25) is 0 Å². The topological polar surface area (TPSA) is 40.6 Å². The molecule has 2 amide bonds. The fraction of sp³-hybridized carbons (Fsp3) is 0.200. The quantitative estimate of drug-likeness (QED) is 0.757. The number of benzene rings is 2. The van der Waals surface area contributed by atoms with E-state index in [1.807, 2.05) is 0 Å². The molecule has 0 aromatic heterocycles. The molecule has 0 unspecified atom stereocenters. The molecule has 25 heavy (non-hydrogen) atoms. The third-order valence-electron chi connectivity index (χ3n) is 4.00. The standard InChI is InChI=1S/C20H21FN2O2/c1-4-19(24)23(3)18-11-7-16(8-12-18)20(25)22(2)14-13-15-5-9-17(21)10-6-15/h4-12H,1,13-14H2,2-3H3. The molecular formula is C20H21FN2O2. The van der Waals surface area contributed by atoms with E-state index in [0.717, 1.165) is 5.56 Å². The molecule has 4 nitrogen and oxygen atoms in total. The van der Waals surface area contributed by atoms with Gasteiger partial charge in [-0.3, -0.25) is 9.59 Å². The number of rotatable bonds is 6. The van der Waals surface area contributed by atoms with E-state index < -0.39 is 0 Å². The Morgan fingerprint density at radius 1 is 1.04 bits per heavy atom. The second kappa shape index (κ2) is 8.24. The highest BCUT2D eigenvalue weighted by Gasteiger charge is 2.13. The minimum Gasteiger partial charge on any atom is -0.341 e. The van der Waals surface area contributed by atoms with E-state index in [2.05, 4.69) is 6.58 Å². The molecule has 2 aromatic carbocycles. The van der Waals surface area contributed by atoms with Crippen LogP contribution in [0.4, 0.5) is 10.1 Å². The average Bonchev–Trinajstić information content (AvgIpc) is 2.65. The van der Waals surface area contributed by atoms with Crippen molar-refractivity contribution in [3.63, 3.8) is 0 Å². The van der Waals surface area contributed by atoms with Crippen LogP contribution in [0.25, 0.3) is 0 Å². The normalized spacial score (nSPS) is 10.2. The summed E-state index contributed by atoms with van der Waals surface area (Å²) in [5.74, 6) is -0.588. The molecule has 0 bridgehead atoms. The molecule has 5 heteroatoms. The molecule has 0 aliphatic rings. The molecule has 0 atom stereocenters. The van der Waals surface area contributed by atoms with Crippen LogP contribution >= 0.6 is 0 Å². The summed E-state index contributed by atoms with van der Waals surface area (Å²) in [4.78, 5) is 27.1. The molecule has 0 aliphatic carbocycles. The van der Waals surface area contributed by atoms with Gasteiger partial charge in [-0.25, -0.2) is 4.39 Å². The number of hydrogen-bond donors (Lipinski definition) is 0. The fourth-order valence-electron chi connectivity index (χ4n) is 2.36.